The zero-order valence-corrected chi connectivity index (χ0v) is 16.7. The first-order valence-electron chi connectivity index (χ1n) is 9.17. The van der Waals surface area contributed by atoms with Gasteiger partial charge in [-0.15, -0.1) is 11.8 Å². The van der Waals surface area contributed by atoms with E-state index in [1.165, 1.54) is 17.3 Å². The quantitative estimate of drug-likeness (QED) is 0.564. The standard InChI is InChI=1S/C21H23NO5S/c1-3-15-4-6-16(7-5-15)22-21(24)14(2)27-20(23)13-28-17-8-9-18-19(12-17)26-11-10-25-18/h4-9,12,14H,3,10-11,13H2,1-2H3,(H,22,24)/t14-/m0/s1. The minimum absolute atomic E-state index is 0.0997. The van der Waals surface area contributed by atoms with Gasteiger partial charge in [-0.1, -0.05) is 19.1 Å². The van der Waals surface area contributed by atoms with E-state index in [1.54, 1.807) is 6.92 Å². The number of benzene rings is 2. The Bertz CT molecular complexity index is 837. The molecule has 0 aromatic heterocycles. The predicted molar refractivity (Wildman–Crippen MR) is 108 cm³/mol. The van der Waals surface area contributed by atoms with E-state index < -0.39 is 12.1 Å². The molecule has 7 heteroatoms. The van der Waals surface area contributed by atoms with Crippen molar-refractivity contribution in [1.82, 2.24) is 0 Å². The molecule has 28 heavy (non-hydrogen) atoms. The Kier molecular flexibility index (Phi) is 6.81. The second-order valence-electron chi connectivity index (χ2n) is 6.27. The summed E-state index contributed by atoms with van der Waals surface area (Å²) in [6, 6.07) is 13.1. The van der Waals surface area contributed by atoms with Crippen molar-refractivity contribution >= 4 is 29.3 Å². The number of nitrogens with one attached hydrogen (secondary N) is 1. The molecule has 0 aliphatic carbocycles. The van der Waals surface area contributed by atoms with E-state index in [0.717, 1.165) is 11.3 Å². The number of rotatable bonds is 7. The van der Waals surface area contributed by atoms with Crippen molar-refractivity contribution in [3.63, 3.8) is 0 Å². The summed E-state index contributed by atoms with van der Waals surface area (Å²) in [7, 11) is 0. The molecule has 0 unspecified atom stereocenters. The number of carbonyl (C=O) groups excluding carboxylic acids is 2. The van der Waals surface area contributed by atoms with Crippen LogP contribution in [0.3, 0.4) is 0 Å². The van der Waals surface area contributed by atoms with Gasteiger partial charge in [0.15, 0.2) is 17.6 Å². The van der Waals surface area contributed by atoms with Crippen LogP contribution in [0.25, 0.3) is 0 Å². The maximum absolute atomic E-state index is 12.2. The van der Waals surface area contributed by atoms with Crippen LogP contribution in [0.5, 0.6) is 11.5 Å². The van der Waals surface area contributed by atoms with Gasteiger partial charge < -0.3 is 19.5 Å². The van der Waals surface area contributed by atoms with Gasteiger partial charge in [-0.25, -0.2) is 0 Å². The first-order valence-corrected chi connectivity index (χ1v) is 10.2. The lowest BCUT2D eigenvalue weighted by molar-refractivity contribution is -0.150. The summed E-state index contributed by atoms with van der Waals surface area (Å²) in [6.45, 7) is 4.67. The van der Waals surface area contributed by atoms with Crippen LogP contribution in [-0.4, -0.2) is 36.9 Å². The molecule has 1 aliphatic rings. The van der Waals surface area contributed by atoms with Gasteiger partial charge in [-0.3, -0.25) is 9.59 Å². The van der Waals surface area contributed by atoms with Crippen LogP contribution >= 0.6 is 11.8 Å². The Hall–Kier alpha value is -2.67. The highest BCUT2D eigenvalue weighted by Gasteiger charge is 2.19. The van der Waals surface area contributed by atoms with Crippen molar-refractivity contribution in [2.75, 3.05) is 24.3 Å². The summed E-state index contributed by atoms with van der Waals surface area (Å²) < 4.78 is 16.2. The van der Waals surface area contributed by atoms with E-state index in [-0.39, 0.29) is 11.7 Å². The zero-order chi connectivity index (χ0) is 19.9. The number of anilines is 1. The number of esters is 1. The number of amides is 1. The van der Waals surface area contributed by atoms with Crippen molar-refractivity contribution in [2.24, 2.45) is 0 Å². The molecule has 0 fully saturated rings. The van der Waals surface area contributed by atoms with Gasteiger partial charge in [0.05, 0.1) is 5.75 Å². The van der Waals surface area contributed by atoms with E-state index >= 15 is 0 Å². The summed E-state index contributed by atoms with van der Waals surface area (Å²) in [5, 5.41) is 2.75. The van der Waals surface area contributed by atoms with Crippen molar-refractivity contribution in [3.8, 4) is 11.5 Å². The van der Waals surface area contributed by atoms with Gasteiger partial charge in [0.25, 0.3) is 5.91 Å². The van der Waals surface area contributed by atoms with Crippen LogP contribution in [0.1, 0.15) is 19.4 Å². The summed E-state index contributed by atoms with van der Waals surface area (Å²) in [5.74, 6) is 0.662. The van der Waals surface area contributed by atoms with E-state index in [4.69, 9.17) is 14.2 Å². The molecule has 1 N–H and O–H groups in total. The Labute approximate surface area is 168 Å². The average molecular weight is 401 g/mol. The molecule has 0 saturated carbocycles. The molecule has 3 rings (SSSR count). The highest BCUT2D eigenvalue weighted by molar-refractivity contribution is 8.00. The number of thioether (sulfide) groups is 1. The van der Waals surface area contributed by atoms with Crippen LogP contribution in [0.4, 0.5) is 5.69 Å². The van der Waals surface area contributed by atoms with Crippen LogP contribution in [0.15, 0.2) is 47.4 Å². The Balaban J connectivity index is 1.46. The molecule has 2 aromatic rings. The van der Waals surface area contributed by atoms with Gasteiger partial charge in [-0.2, -0.15) is 0 Å². The molecule has 0 spiro atoms. The number of fused-ring (bicyclic) bond motifs is 1. The molecule has 6 nitrogen and oxygen atoms in total. The number of aryl methyl sites for hydroxylation is 1. The molecule has 148 valence electrons. The minimum atomic E-state index is -0.876. The third kappa shape index (κ3) is 5.42. The lowest BCUT2D eigenvalue weighted by Gasteiger charge is -2.18. The Morgan fingerprint density at radius 2 is 1.82 bits per heavy atom. The highest BCUT2D eigenvalue weighted by Crippen LogP contribution is 2.34. The molecular weight excluding hydrogens is 378 g/mol. The van der Waals surface area contributed by atoms with Crippen molar-refractivity contribution < 1.29 is 23.8 Å². The molecular formula is C21H23NO5S. The minimum Gasteiger partial charge on any atom is -0.486 e. The van der Waals surface area contributed by atoms with Gasteiger partial charge in [0.1, 0.15) is 13.2 Å². The third-order valence-electron chi connectivity index (χ3n) is 4.18. The fourth-order valence-electron chi connectivity index (χ4n) is 2.61. The van der Waals surface area contributed by atoms with Crippen LogP contribution in [-0.2, 0) is 20.7 Å². The summed E-state index contributed by atoms with van der Waals surface area (Å²) in [4.78, 5) is 25.2. The topological polar surface area (TPSA) is 73.9 Å². The maximum atomic E-state index is 12.2. The van der Waals surface area contributed by atoms with Crippen LogP contribution < -0.4 is 14.8 Å². The largest absolute Gasteiger partial charge is 0.486 e. The van der Waals surface area contributed by atoms with E-state index in [2.05, 4.69) is 12.2 Å². The van der Waals surface area contributed by atoms with Crippen molar-refractivity contribution in [3.05, 3.63) is 48.0 Å². The van der Waals surface area contributed by atoms with E-state index in [9.17, 15) is 9.59 Å². The zero-order valence-electron chi connectivity index (χ0n) is 15.9. The van der Waals surface area contributed by atoms with Crippen LogP contribution in [0.2, 0.25) is 0 Å². The fraction of sp³-hybridized carbons (Fsp3) is 0.333. The second-order valence-corrected chi connectivity index (χ2v) is 7.31. The molecule has 0 radical (unpaired) electrons. The second kappa shape index (κ2) is 9.50. The number of ether oxygens (including phenoxy) is 3. The Morgan fingerprint density at radius 3 is 2.54 bits per heavy atom. The number of hydrogen-bond acceptors (Lipinski definition) is 6. The summed E-state index contributed by atoms with van der Waals surface area (Å²) in [6.07, 6.45) is 0.0581. The van der Waals surface area contributed by atoms with Gasteiger partial charge in [0.2, 0.25) is 0 Å². The molecule has 1 heterocycles. The third-order valence-corrected chi connectivity index (χ3v) is 5.14. The Morgan fingerprint density at radius 1 is 1.11 bits per heavy atom. The SMILES string of the molecule is CCc1ccc(NC(=O)[C@H](C)OC(=O)CSc2ccc3c(c2)OCCO3)cc1. The van der Waals surface area contributed by atoms with E-state index in [1.807, 2.05) is 42.5 Å². The van der Waals surface area contributed by atoms with E-state index in [0.29, 0.717) is 30.4 Å². The fourth-order valence-corrected chi connectivity index (χ4v) is 3.32. The normalized spacial score (nSPS) is 13.5. The summed E-state index contributed by atoms with van der Waals surface area (Å²) >= 11 is 1.32. The lowest BCUT2D eigenvalue weighted by Crippen LogP contribution is -2.30. The van der Waals surface area contributed by atoms with Gasteiger partial charge >= 0.3 is 5.97 Å². The van der Waals surface area contributed by atoms with Gasteiger partial charge in [0, 0.05) is 10.6 Å². The predicted octanol–water partition coefficient (Wildman–Crippen LogP) is 3.68. The highest BCUT2D eigenvalue weighted by atomic mass is 32.2. The molecule has 2 aromatic carbocycles. The smallest absolute Gasteiger partial charge is 0.317 e. The molecule has 1 amide bonds. The first kappa shape index (κ1) is 20.1. The van der Waals surface area contributed by atoms with Crippen LogP contribution in [0, 0.1) is 0 Å². The molecule has 1 atom stereocenters. The average Bonchev–Trinajstić information content (AvgIpc) is 2.72. The van der Waals surface area contributed by atoms with Gasteiger partial charge in [-0.05, 0) is 49.2 Å². The number of carbonyl (C=O) groups is 2. The monoisotopic (exact) mass is 401 g/mol. The number of hydrogen-bond donors (Lipinski definition) is 1. The molecule has 0 bridgehead atoms. The van der Waals surface area contributed by atoms with Crippen molar-refractivity contribution in [2.45, 2.75) is 31.3 Å². The van der Waals surface area contributed by atoms with Crippen molar-refractivity contribution in [1.29, 1.82) is 0 Å². The lowest BCUT2D eigenvalue weighted by atomic mass is 10.1. The molecule has 1 aliphatic heterocycles. The molecule has 0 saturated heterocycles. The maximum Gasteiger partial charge on any atom is 0.317 e. The summed E-state index contributed by atoms with van der Waals surface area (Å²) in [5.41, 5.74) is 1.87. The first-order chi connectivity index (χ1) is 13.5.